The molecule has 0 aliphatic rings. The summed E-state index contributed by atoms with van der Waals surface area (Å²) in [4.78, 5) is 11.8. The van der Waals surface area contributed by atoms with E-state index in [0.717, 1.165) is 18.2 Å². The van der Waals surface area contributed by atoms with Crippen molar-refractivity contribution < 1.29 is 26.7 Å². The summed E-state index contributed by atoms with van der Waals surface area (Å²) in [6.45, 7) is -0.335. The maximum absolute atomic E-state index is 13.4. The summed E-state index contributed by atoms with van der Waals surface area (Å²) in [5.41, 5.74) is -1.27. The SMILES string of the molecule is O=C(NCc1cccc(F)c1F)c1cccc(C(F)(F)F)c1. The van der Waals surface area contributed by atoms with Crippen LogP contribution in [0.15, 0.2) is 42.5 Å². The maximum atomic E-state index is 13.4. The number of carbonyl (C=O) groups excluding carboxylic acids is 1. The van der Waals surface area contributed by atoms with Crippen LogP contribution in [0, 0.1) is 11.6 Å². The molecular formula is C15H10F5NO. The molecule has 0 saturated carbocycles. The quantitative estimate of drug-likeness (QED) is 0.855. The van der Waals surface area contributed by atoms with Crippen molar-refractivity contribution in [2.75, 3.05) is 0 Å². The highest BCUT2D eigenvalue weighted by molar-refractivity contribution is 5.94. The van der Waals surface area contributed by atoms with Crippen LogP contribution < -0.4 is 5.32 Å². The lowest BCUT2D eigenvalue weighted by Crippen LogP contribution is -2.24. The molecule has 7 heteroatoms. The molecule has 0 spiro atoms. The first kappa shape index (κ1) is 15.9. The van der Waals surface area contributed by atoms with Gasteiger partial charge in [-0.15, -0.1) is 0 Å². The van der Waals surface area contributed by atoms with Gasteiger partial charge in [0.15, 0.2) is 11.6 Å². The Kier molecular flexibility index (Phi) is 4.44. The minimum absolute atomic E-state index is 0.0969. The van der Waals surface area contributed by atoms with Crippen molar-refractivity contribution in [1.29, 1.82) is 0 Å². The fraction of sp³-hybridized carbons (Fsp3) is 0.133. The lowest BCUT2D eigenvalue weighted by Gasteiger charge is -2.10. The Balaban J connectivity index is 2.11. The second-order valence-electron chi connectivity index (χ2n) is 4.47. The monoisotopic (exact) mass is 315 g/mol. The summed E-state index contributed by atoms with van der Waals surface area (Å²) in [5, 5.41) is 2.25. The summed E-state index contributed by atoms with van der Waals surface area (Å²) < 4.78 is 64.1. The van der Waals surface area contributed by atoms with Crippen molar-refractivity contribution in [2.45, 2.75) is 12.7 Å². The summed E-state index contributed by atoms with van der Waals surface area (Å²) >= 11 is 0. The van der Waals surface area contributed by atoms with Gasteiger partial charge in [0.1, 0.15) is 0 Å². The van der Waals surface area contributed by atoms with Gasteiger partial charge < -0.3 is 5.32 Å². The predicted molar refractivity (Wildman–Crippen MR) is 69.0 cm³/mol. The Morgan fingerprint density at radius 2 is 1.73 bits per heavy atom. The third kappa shape index (κ3) is 3.60. The zero-order chi connectivity index (χ0) is 16.3. The molecule has 0 radical (unpaired) electrons. The Morgan fingerprint density at radius 3 is 2.41 bits per heavy atom. The first-order valence-corrected chi connectivity index (χ1v) is 6.17. The summed E-state index contributed by atoms with van der Waals surface area (Å²) in [5.74, 6) is -2.98. The predicted octanol–water partition coefficient (Wildman–Crippen LogP) is 3.91. The highest BCUT2D eigenvalue weighted by atomic mass is 19.4. The molecular weight excluding hydrogens is 305 g/mol. The van der Waals surface area contributed by atoms with E-state index >= 15 is 0 Å². The smallest absolute Gasteiger partial charge is 0.348 e. The molecule has 2 nitrogen and oxygen atoms in total. The number of benzene rings is 2. The van der Waals surface area contributed by atoms with Gasteiger partial charge >= 0.3 is 6.18 Å². The second kappa shape index (κ2) is 6.13. The van der Waals surface area contributed by atoms with Crippen molar-refractivity contribution in [3.05, 3.63) is 70.8 Å². The molecule has 2 aromatic rings. The lowest BCUT2D eigenvalue weighted by atomic mass is 10.1. The van der Waals surface area contributed by atoms with Crippen LogP contribution >= 0.6 is 0 Å². The Labute approximate surface area is 122 Å². The van der Waals surface area contributed by atoms with Gasteiger partial charge in [0.25, 0.3) is 5.91 Å². The molecule has 0 aliphatic heterocycles. The lowest BCUT2D eigenvalue weighted by molar-refractivity contribution is -0.137. The van der Waals surface area contributed by atoms with Crippen LogP contribution in [0.3, 0.4) is 0 Å². The fourth-order valence-electron chi connectivity index (χ4n) is 1.80. The van der Waals surface area contributed by atoms with E-state index in [1.165, 1.54) is 18.2 Å². The molecule has 1 N–H and O–H groups in total. The van der Waals surface area contributed by atoms with Crippen molar-refractivity contribution in [3.8, 4) is 0 Å². The topological polar surface area (TPSA) is 29.1 Å². The molecule has 22 heavy (non-hydrogen) atoms. The maximum Gasteiger partial charge on any atom is 0.416 e. The van der Waals surface area contributed by atoms with Gasteiger partial charge in [-0.3, -0.25) is 4.79 Å². The molecule has 0 saturated heterocycles. The molecule has 1 amide bonds. The molecule has 2 aromatic carbocycles. The zero-order valence-electron chi connectivity index (χ0n) is 11.0. The summed E-state index contributed by atoms with van der Waals surface area (Å²) in [6, 6.07) is 7.29. The zero-order valence-corrected chi connectivity index (χ0v) is 11.0. The Bertz CT molecular complexity index is 697. The van der Waals surface area contributed by atoms with Crippen LogP contribution in [0.1, 0.15) is 21.5 Å². The molecule has 0 heterocycles. The number of carbonyl (C=O) groups is 1. The van der Waals surface area contributed by atoms with Crippen LogP contribution in [0.5, 0.6) is 0 Å². The first-order chi connectivity index (χ1) is 10.3. The highest BCUT2D eigenvalue weighted by Crippen LogP contribution is 2.29. The number of nitrogens with one attached hydrogen (secondary N) is 1. The van der Waals surface area contributed by atoms with Crippen LogP contribution in [0.2, 0.25) is 0 Å². The molecule has 0 aromatic heterocycles. The number of hydrogen-bond donors (Lipinski definition) is 1. The first-order valence-electron chi connectivity index (χ1n) is 6.17. The average molecular weight is 315 g/mol. The van der Waals surface area contributed by atoms with E-state index in [2.05, 4.69) is 5.32 Å². The minimum atomic E-state index is -4.56. The van der Waals surface area contributed by atoms with E-state index in [4.69, 9.17) is 0 Å². The number of hydrogen-bond acceptors (Lipinski definition) is 1. The van der Waals surface area contributed by atoms with E-state index in [0.29, 0.717) is 6.07 Å². The van der Waals surface area contributed by atoms with Crippen LogP contribution in [-0.4, -0.2) is 5.91 Å². The number of alkyl halides is 3. The third-order valence-corrected chi connectivity index (χ3v) is 2.92. The minimum Gasteiger partial charge on any atom is -0.348 e. The second-order valence-corrected chi connectivity index (χ2v) is 4.47. The van der Waals surface area contributed by atoms with Gasteiger partial charge in [0.05, 0.1) is 5.56 Å². The van der Waals surface area contributed by atoms with E-state index in [9.17, 15) is 26.7 Å². The van der Waals surface area contributed by atoms with Crippen LogP contribution in [-0.2, 0) is 12.7 Å². The number of rotatable bonds is 3. The summed E-state index contributed by atoms with van der Waals surface area (Å²) in [6.07, 6.45) is -4.56. The molecule has 0 fully saturated rings. The highest BCUT2D eigenvalue weighted by Gasteiger charge is 2.30. The van der Waals surface area contributed by atoms with E-state index < -0.39 is 29.3 Å². The van der Waals surface area contributed by atoms with Crippen LogP contribution in [0.4, 0.5) is 22.0 Å². The van der Waals surface area contributed by atoms with Gasteiger partial charge in [-0.25, -0.2) is 8.78 Å². The van der Waals surface area contributed by atoms with Gasteiger partial charge in [0.2, 0.25) is 0 Å². The van der Waals surface area contributed by atoms with E-state index in [1.54, 1.807) is 0 Å². The molecule has 116 valence electrons. The van der Waals surface area contributed by atoms with Crippen LogP contribution in [0.25, 0.3) is 0 Å². The normalized spacial score (nSPS) is 11.3. The Morgan fingerprint density at radius 1 is 1.05 bits per heavy atom. The molecule has 0 unspecified atom stereocenters. The van der Waals surface area contributed by atoms with E-state index in [1.807, 2.05) is 0 Å². The van der Waals surface area contributed by atoms with Gasteiger partial charge in [0, 0.05) is 17.7 Å². The number of amides is 1. The van der Waals surface area contributed by atoms with Crippen molar-refractivity contribution >= 4 is 5.91 Å². The fourth-order valence-corrected chi connectivity index (χ4v) is 1.80. The standard InChI is InChI=1S/C15H10F5NO/c16-12-6-2-4-10(13(12)17)8-21-14(22)9-3-1-5-11(7-9)15(18,19)20/h1-7H,8H2,(H,21,22). The van der Waals surface area contributed by atoms with E-state index in [-0.39, 0.29) is 17.7 Å². The largest absolute Gasteiger partial charge is 0.416 e. The molecule has 2 rings (SSSR count). The van der Waals surface area contributed by atoms with Gasteiger partial charge in [-0.05, 0) is 24.3 Å². The van der Waals surface area contributed by atoms with Crippen molar-refractivity contribution in [3.63, 3.8) is 0 Å². The van der Waals surface area contributed by atoms with Crippen molar-refractivity contribution in [1.82, 2.24) is 5.32 Å². The average Bonchev–Trinajstić information content (AvgIpc) is 2.48. The van der Waals surface area contributed by atoms with Crippen molar-refractivity contribution in [2.24, 2.45) is 0 Å². The molecule has 0 bridgehead atoms. The third-order valence-electron chi connectivity index (χ3n) is 2.92. The molecule has 0 aliphatic carbocycles. The molecule has 0 atom stereocenters. The Hall–Kier alpha value is -2.44. The summed E-state index contributed by atoms with van der Waals surface area (Å²) in [7, 11) is 0. The van der Waals surface area contributed by atoms with Gasteiger partial charge in [-0.2, -0.15) is 13.2 Å². The number of halogens is 5. The van der Waals surface area contributed by atoms with Gasteiger partial charge in [-0.1, -0.05) is 18.2 Å².